The van der Waals surface area contributed by atoms with Gasteiger partial charge in [0.2, 0.25) is 0 Å². The Morgan fingerprint density at radius 2 is 1.61 bits per heavy atom. The zero-order valence-corrected chi connectivity index (χ0v) is 17.7. The second kappa shape index (κ2) is 12.9. The van der Waals surface area contributed by atoms with Crippen molar-refractivity contribution in [2.75, 3.05) is 13.2 Å². The summed E-state index contributed by atoms with van der Waals surface area (Å²) >= 11 is 0. The minimum atomic E-state index is -0.482. The molecule has 2 rings (SSSR count). The predicted octanol–water partition coefficient (Wildman–Crippen LogP) is 5.68. The van der Waals surface area contributed by atoms with Crippen molar-refractivity contribution in [3.05, 3.63) is 53.6 Å². The highest BCUT2D eigenvalue weighted by atomic mass is 16.6. The van der Waals surface area contributed by atoms with Crippen LogP contribution in [0.3, 0.4) is 0 Å². The Bertz CT molecular complexity index is 650. The van der Waals surface area contributed by atoms with E-state index >= 15 is 0 Å². The molecule has 4 heteroatoms. The molecule has 1 aromatic rings. The van der Waals surface area contributed by atoms with Crippen LogP contribution in [0, 0.1) is 5.92 Å². The number of hydrogen-bond donors (Lipinski definition) is 0. The fourth-order valence-electron chi connectivity index (χ4n) is 3.08. The lowest BCUT2D eigenvalue weighted by molar-refractivity contribution is -0.146. The average molecular weight is 387 g/mol. The molecule has 0 radical (unpaired) electrons. The van der Waals surface area contributed by atoms with E-state index in [4.69, 9.17) is 9.47 Å². The van der Waals surface area contributed by atoms with Crippen LogP contribution in [0.2, 0.25) is 0 Å². The number of carbonyl (C=O) groups excluding carboxylic acids is 2. The van der Waals surface area contributed by atoms with Gasteiger partial charge in [0, 0.05) is 11.6 Å². The minimum Gasteiger partial charge on any atom is -0.459 e. The summed E-state index contributed by atoms with van der Waals surface area (Å²) in [5, 5.41) is 0. The molecule has 0 N–H and O–H groups in total. The number of hydrogen-bond acceptors (Lipinski definition) is 4. The topological polar surface area (TPSA) is 52.6 Å². The second-order valence-electron chi connectivity index (χ2n) is 7.04. The molecule has 0 saturated heterocycles. The van der Waals surface area contributed by atoms with Gasteiger partial charge in [-0.3, -0.25) is 0 Å². The molecule has 0 aliphatic heterocycles. The van der Waals surface area contributed by atoms with Gasteiger partial charge >= 0.3 is 11.9 Å². The fraction of sp³-hybridized carbons (Fsp3) is 0.500. The van der Waals surface area contributed by atoms with Gasteiger partial charge in [-0.2, -0.15) is 0 Å². The summed E-state index contributed by atoms with van der Waals surface area (Å²) < 4.78 is 9.84. The molecule has 1 saturated carbocycles. The third kappa shape index (κ3) is 8.55. The van der Waals surface area contributed by atoms with Crippen LogP contribution < -0.4 is 0 Å². The molecule has 0 spiro atoms. The van der Waals surface area contributed by atoms with Crippen molar-refractivity contribution < 1.29 is 19.1 Å². The standard InChI is InChI=1S/C22H28O4.C2H6/c1-16(2)22(24)26-15-14-25-21(23)13-8-18-6-11-20(12-7-18)19-9-4-17(3)5-10-19;1-2/h6-8,11-13,17,19H,1,4-5,9-10,14-15H2,2-3H3;1-2H3/b13-8+;. The first-order valence-electron chi connectivity index (χ1n) is 10.2. The van der Waals surface area contributed by atoms with Crippen molar-refractivity contribution in [1.29, 1.82) is 0 Å². The highest BCUT2D eigenvalue weighted by Crippen LogP contribution is 2.35. The van der Waals surface area contributed by atoms with E-state index < -0.39 is 11.9 Å². The maximum Gasteiger partial charge on any atom is 0.333 e. The van der Waals surface area contributed by atoms with E-state index in [1.165, 1.54) is 37.3 Å². The van der Waals surface area contributed by atoms with Crippen molar-refractivity contribution in [3.63, 3.8) is 0 Å². The van der Waals surface area contributed by atoms with Crippen molar-refractivity contribution in [2.45, 2.75) is 59.3 Å². The average Bonchev–Trinajstić information content (AvgIpc) is 2.72. The van der Waals surface area contributed by atoms with Crippen molar-refractivity contribution >= 4 is 18.0 Å². The van der Waals surface area contributed by atoms with Gasteiger partial charge in [0.25, 0.3) is 0 Å². The molecule has 0 bridgehead atoms. The lowest BCUT2D eigenvalue weighted by Gasteiger charge is -2.26. The van der Waals surface area contributed by atoms with Crippen LogP contribution in [0.5, 0.6) is 0 Å². The first-order chi connectivity index (χ1) is 13.5. The normalized spacial score (nSPS) is 18.7. The van der Waals surface area contributed by atoms with E-state index in [0.717, 1.165) is 11.5 Å². The van der Waals surface area contributed by atoms with Gasteiger partial charge in [0.1, 0.15) is 13.2 Å². The Hall–Kier alpha value is -2.36. The van der Waals surface area contributed by atoms with Crippen LogP contribution in [0.25, 0.3) is 6.08 Å². The summed E-state index contributed by atoms with van der Waals surface area (Å²) in [6.07, 6.45) is 8.25. The summed E-state index contributed by atoms with van der Waals surface area (Å²) in [5.41, 5.74) is 2.67. The van der Waals surface area contributed by atoms with Crippen LogP contribution in [0.15, 0.2) is 42.5 Å². The monoisotopic (exact) mass is 386 g/mol. The van der Waals surface area contributed by atoms with Crippen LogP contribution >= 0.6 is 0 Å². The molecule has 1 aliphatic rings. The van der Waals surface area contributed by atoms with E-state index in [1.807, 2.05) is 26.0 Å². The van der Waals surface area contributed by atoms with Gasteiger partial charge in [0.15, 0.2) is 0 Å². The van der Waals surface area contributed by atoms with Crippen LogP contribution in [0.1, 0.15) is 70.4 Å². The van der Waals surface area contributed by atoms with E-state index in [0.29, 0.717) is 11.5 Å². The van der Waals surface area contributed by atoms with Crippen LogP contribution in [-0.2, 0) is 19.1 Å². The Labute approximate surface area is 169 Å². The van der Waals surface area contributed by atoms with Gasteiger partial charge < -0.3 is 9.47 Å². The predicted molar refractivity (Wildman–Crippen MR) is 114 cm³/mol. The number of rotatable bonds is 7. The molecule has 0 heterocycles. The molecule has 1 aromatic carbocycles. The largest absolute Gasteiger partial charge is 0.459 e. The summed E-state index contributed by atoms with van der Waals surface area (Å²) in [5.74, 6) is 0.575. The molecule has 4 nitrogen and oxygen atoms in total. The molecule has 0 amide bonds. The third-order valence-corrected chi connectivity index (χ3v) is 4.74. The van der Waals surface area contributed by atoms with Crippen LogP contribution in [-0.4, -0.2) is 25.2 Å². The number of ether oxygens (including phenoxy) is 2. The van der Waals surface area contributed by atoms with E-state index in [-0.39, 0.29) is 13.2 Å². The van der Waals surface area contributed by atoms with Crippen molar-refractivity contribution in [3.8, 4) is 0 Å². The smallest absolute Gasteiger partial charge is 0.333 e. The van der Waals surface area contributed by atoms with E-state index in [2.05, 4.69) is 25.6 Å². The third-order valence-electron chi connectivity index (χ3n) is 4.74. The Morgan fingerprint density at radius 3 is 2.18 bits per heavy atom. The first kappa shape index (κ1) is 23.7. The molecule has 28 heavy (non-hydrogen) atoms. The quantitative estimate of drug-likeness (QED) is 0.343. The number of carbonyl (C=O) groups is 2. The molecule has 154 valence electrons. The molecule has 1 aliphatic carbocycles. The fourth-order valence-corrected chi connectivity index (χ4v) is 3.08. The van der Waals surface area contributed by atoms with Crippen LogP contribution in [0.4, 0.5) is 0 Å². The zero-order chi connectivity index (χ0) is 20.9. The van der Waals surface area contributed by atoms with Crippen molar-refractivity contribution in [2.24, 2.45) is 5.92 Å². The molecule has 0 aromatic heterocycles. The van der Waals surface area contributed by atoms with Gasteiger partial charge in [-0.25, -0.2) is 9.59 Å². The van der Waals surface area contributed by atoms with Gasteiger partial charge in [-0.1, -0.05) is 64.5 Å². The SMILES string of the molecule is C=C(C)C(=O)OCCOC(=O)/C=C/c1ccc(C2CCC(C)CC2)cc1.CC. The van der Waals surface area contributed by atoms with E-state index in [9.17, 15) is 9.59 Å². The number of esters is 2. The lowest BCUT2D eigenvalue weighted by atomic mass is 9.79. The molecular formula is C24H34O4. The van der Waals surface area contributed by atoms with E-state index in [1.54, 1.807) is 13.0 Å². The Kier molecular flexibility index (Phi) is 10.9. The molecule has 1 fully saturated rings. The highest BCUT2D eigenvalue weighted by Gasteiger charge is 2.19. The zero-order valence-electron chi connectivity index (χ0n) is 17.7. The van der Waals surface area contributed by atoms with Crippen molar-refractivity contribution in [1.82, 2.24) is 0 Å². The minimum absolute atomic E-state index is 0.0278. The van der Waals surface area contributed by atoms with Gasteiger partial charge in [-0.05, 0) is 48.8 Å². The summed E-state index contributed by atoms with van der Waals surface area (Å²) in [6, 6.07) is 8.38. The number of benzene rings is 1. The maximum absolute atomic E-state index is 11.7. The summed E-state index contributed by atoms with van der Waals surface area (Å²) in [7, 11) is 0. The second-order valence-corrected chi connectivity index (χ2v) is 7.04. The Morgan fingerprint density at radius 1 is 1.04 bits per heavy atom. The highest BCUT2D eigenvalue weighted by molar-refractivity contribution is 5.87. The van der Waals surface area contributed by atoms with Gasteiger partial charge in [0.05, 0.1) is 0 Å². The molecule has 0 unspecified atom stereocenters. The first-order valence-corrected chi connectivity index (χ1v) is 10.2. The molecular weight excluding hydrogens is 352 g/mol. The van der Waals surface area contributed by atoms with Gasteiger partial charge in [-0.15, -0.1) is 0 Å². The summed E-state index contributed by atoms with van der Waals surface area (Å²) in [4.78, 5) is 22.9. The molecule has 0 atom stereocenters. The Balaban J connectivity index is 0.00000190. The lowest BCUT2D eigenvalue weighted by Crippen LogP contribution is -2.13. The summed E-state index contributed by atoms with van der Waals surface area (Å²) in [6.45, 7) is 11.4. The maximum atomic E-state index is 11.7.